The molecule has 18 heavy (non-hydrogen) atoms. The van der Waals surface area contributed by atoms with Gasteiger partial charge in [0, 0.05) is 24.3 Å². The maximum Gasteiger partial charge on any atom is 0.405 e. The number of rotatable bonds is 5. The number of carbonyl (C=O) groups is 2. The van der Waals surface area contributed by atoms with Crippen LogP contribution in [0.5, 0.6) is 0 Å². The first kappa shape index (κ1) is 12.6. The van der Waals surface area contributed by atoms with Gasteiger partial charge < -0.3 is 9.47 Å². The van der Waals surface area contributed by atoms with E-state index < -0.39 is 23.9 Å². The first-order valence-corrected chi connectivity index (χ1v) is 4.39. The number of hydrogen-bond acceptors (Lipinski definition) is 10. The van der Waals surface area contributed by atoms with E-state index in [0.29, 0.717) is 0 Å². The normalized spacial score (nSPS) is 33.9. The van der Waals surface area contributed by atoms with Crippen molar-refractivity contribution >= 4 is 11.9 Å². The Balaban J connectivity index is 2.02. The summed E-state index contributed by atoms with van der Waals surface area (Å²) in [5.74, 6) is -6.53. The molecular formula is C8H6O10. The van der Waals surface area contributed by atoms with E-state index in [2.05, 4.69) is 29.0 Å². The molecule has 0 saturated heterocycles. The van der Waals surface area contributed by atoms with Gasteiger partial charge in [-0.3, -0.25) is 0 Å². The summed E-state index contributed by atoms with van der Waals surface area (Å²) in [6.45, 7) is 0. The van der Waals surface area contributed by atoms with Crippen molar-refractivity contribution in [1.82, 2.24) is 0 Å². The van der Waals surface area contributed by atoms with Gasteiger partial charge in [0.1, 0.15) is 0 Å². The molecule has 2 aliphatic rings. The molecule has 0 saturated carbocycles. The highest BCUT2D eigenvalue weighted by Gasteiger charge is 2.48. The van der Waals surface area contributed by atoms with Crippen molar-refractivity contribution in [2.75, 3.05) is 0 Å². The van der Waals surface area contributed by atoms with Crippen LogP contribution >= 0.6 is 0 Å². The third-order valence-corrected chi connectivity index (χ3v) is 1.86. The SMILES string of the molecule is O=C1C=CC(OO)(OOC2(OO)C=CC(=O)O2)O1. The standard InChI is InChI=1S/C8H6O10/c9-5-1-3-7(13-5,15-11)17-18-8(16-12)4-2-6(10)14-8/h1-4,11-12H. The van der Waals surface area contributed by atoms with Crippen LogP contribution in [0, 0.1) is 0 Å². The second-order valence-corrected chi connectivity index (χ2v) is 3.07. The Morgan fingerprint density at radius 2 is 1.28 bits per heavy atom. The Morgan fingerprint density at radius 1 is 0.889 bits per heavy atom. The lowest BCUT2D eigenvalue weighted by Gasteiger charge is -2.25. The predicted octanol–water partition coefficient (Wildman–Crippen LogP) is -0.553. The number of cyclic esters (lactones) is 2. The molecule has 2 N–H and O–H groups in total. The third-order valence-electron chi connectivity index (χ3n) is 1.86. The maximum atomic E-state index is 10.8. The van der Waals surface area contributed by atoms with Gasteiger partial charge >= 0.3 is 23.9 Å². The van der Waals surface area contributed by atoms with Gasteiger partial charge in [-0.15, -0.1) is 9.78 Å². The topological polar surface area (TPSA) is 130 Å². The average Bonchev–Trinajstić information content (AvgIpc) is 2.92. The summed E-state index contributed by atoms with van der Waals surface area (Å²) >= 11 is 0. The van der Waals surface area contributed by atoms with Gasteiger partial charge in [-0.2, -0.15) is 9.78 Å². The van der Waals surface area contributed by atoms with Crippen LogP contribution in [0.3, 0.4) is 0 Å². The Bertz CT molecular complexity index is 388. The lowest BCUT2D eigenvalue weighted by atomic mass is 10.5. The van der Waals surface area contributed by atoms with Crippen LogP contribution in [0.15, 0.2) is 24.3 Å². The highest BCUT2D eigenvalue weighted by molar-refractivity contribution is 5.85. The van der Waals surface area contributed by atoms with E-state index in [4.69, 9.17) is 10.5 Å². The minimum atomic E-state index is -2.38. The molecule has 2 atom stereocenters. The van der Waals surface area contributed by atoms with Gasteiger partial charge in [0.05, 0.1) is 0 Å². The van der Waals surface area contributed by atoms with Crippen molar-refractivity contribution in [3.8, 4) is 0 Å². The molecule has 0 aromatic carbocycles. The Labute approximate surface area is 98.3 Å². The van der Waals surface area contributed by atoms with Crippen molar-refractivity contribution in [2.24, 2.45) is 0 Å². The maximum absolute atomic E-state index is 10.8. The van der Waals surface area contributed by atoms with Crippen molar-refractivity contribution in [3.05, 3.63) is 24.3 Å². The summed E-state index contributed by atoms with van der Waals surface area (Å²) < 4.78 is 8.81. The minimum Gasteiger partial charge on any atom is -0.398 e. The molecule has 2 rings (SSSR count). The van der Waals surface area contributed by atoms with Crippen molar-refractivity contribution in [3.63, 3.8) is 0 Å². The van der Waals surface area contributed by atoms with Gasteiger partial charge in [0.15, 0.2) is 0 Å². The molecule has 0 bridgehead atoms. The molecule has 0 amide bonds. The average molecular weight is 262 g/mol. The van der Waals surface area contributed by atoms with Crippen molar-refractivity contribution in [2.45, 2.75) is 11.9 Å². The summed E-state index contributed by atoms with van der Waals surface area (Å²) in [5, 5.41) is 17.1. The first-order valence-electron chi connectivity index (χ1n) is 4.39. The zero-order valence-corrected chi connectivity index (χ0v) is 8.47. The smallest absolute Gasteiger partial charge is 0.398 e. The van der Waals surface area contributed by atoms with Gasteiger partial charge in [-0.05, 0) is 0 Å². The molecule has 0 radical (unpaired) electrons. The summed E-state index contributed by atoms with van der Waals surface area (Å²) in [7, 11) is 0. The lowest BCUT2D eigenvalue weighted by Crippen LogP contribution is -2.41. The van der Waals surface area contributed by atoms with Crippen molar-refractivity contribution < 1.29 is 49.1 Å². The van der Waals surface area contributed by atoms with Crippen LogP contribution in [0.4, 0.5) is 0 Å². The summed E-state index contributed by atoms with van der Waals surface area (Å²) in [4.78, 5) is 38.0. The number of hydrogen-bond donors (Lipinski definition) is 2. The van der Waals surface area contributed by atoms with Crippen LogP contribution in [-0.4, -0.2) is 34.4 Å². The number of carbonyl (C=O) groups excluding carboxylic acids is 2. The number of ether oxygens (including phenoxy) is 2. The molecule has 2 unspecified atom stereocenters. The number of esters is 2. The third kappa shape index (κ3) is 2.24. The van der Waals surface area contributed by atoms with E-state index in [1.165, 1.54) is 0 Å². The van der Waals surface area contributed by atoms with Gasteiger partial charge in [-0.25, -0.2) is 20.1 Å². The molecule has 2 heterocycles. The van der Waals surface area contributed by atoms with Gasteiger partial charge in [0.25, 0.3) is 0 Å². The highest BCUT2D eigenvalue weighted by atomic mass is 17.4. The fourth-order valence-corrected chi connectivity index (χ4v) is 1.09. The largest absolute Gasteiger partial charge is 0.405 e. The second kappa shape index (κ2) is 4.45. The Hall–Kier alpha value is -1.82. The van der Waals surface area contributed by atoms with E-state index >= 15 is 0 Å². The van der Waals surface area contributed by atoms with Crippen LogP contribution in [0.2, 0.25) is 0 Å². The van der Waals surface area contributed by atoms with Crippen LogP contribution in [0.1, 0.15) is 0 Å². The van der Waals surface area contributed by atoms with Crippen LogP contribution in [0.25, 0.3) is 0 Å². The van der Waals surface area contributed by atoms with E-state index in [9.17, 15) is 9.59 Å². The molecule has 98 valence electrons. The van der Waals surface area contributed by atoms with E-state index in [1.54, 1.807) is 0 Å². The monoisotopic (exact) mass is 262 g/mol. The van der Waals surface area contributed by atoms with E-state index in [0.717, 1.165) is 24.3 Å². The molecular weight excluding hydrogens is 256 g/mol. The highest BCUT2D eigenvalue weighted by Crippen LogP contribution is 2.28. The Morgan fingerprint density at radius 3 is 1.50 bits per heavy atom. The zero-order valence-electron chi connectivity index (χ0n) is 8.47. The summed E-state index contributed by atoms with van der Waals surface area (Å²) in [5.41, 5.74) is 0. The molecule has 2 aliphatic heterocycles. The van der Waals surface area contributed by atoms with E-state index in [1.807, 2.05) is 0 Å². The first-order chi connectivity index (χ1) is 8.53. The molecule has 0 spiro atoms. The summed E-state index contributed by atoms with van der Waals surface area (Å²) in [6.07, 6.45) is 3.48. The molecule has 0 fully saturated rings. The van der Waals surface area contributed by atoms with E-state index in [-0.39, 0.29) is 0 Å². The molecule has 10 heteroatoms. The molecule has 10 nitrogen and oxygen atoms in total. The fraction of sp³-hybridized carbons (Fsp3) is 0.250. The summed E-state index contributed by atoms with van der Waals surface area (Å²) in [6, 6.07) is 0. The zero-order chi connectivity index (χ0) is 13.2. The van der Waals surface area contributed by atoms with Crippen molar-refractivity contribution in [1.29, 1.82) is 0 Å². The predicted molar refractivity (Wildman–Crippen MR) is 45.5 cm³/mol. The fourth-order valence-electron chi connectivity index (χ4n) is 1.09. The minimum absolute atomic E-state index is 0.862. The van der Waals surface area contributed by atoms with Crippen LogP contribution < -0.4 is 0 Å². The second-order valence-electron chi connectivity index (χ2n) is 3.07. The van der Waals surface area contributed by atoms with Gasteiger partial charge in [0.2, 0.25) is 0 Å². The molecule has 0 aromatic heterocycles. The molecule has 0 aliphatic carbocycles. The Kier molecular flexibility index (Phi) is 3.13. The quantitative estimate of drug-likeness (QED) is 0.288. The van der Waals surface area contributed by atoms with Gasteiger partial charge in [-0.1, -0.05) is 0 Å². The molecule has 0 aromatic rings. The van der Waals surface area contributed by atoms with Crippen LogP contribution in [-0.2, 0) is 38.6 Å². The lowest BCUT2D eigenvalue weighted by molar-refractivity contribution is -0.612.